The van der Waals surface area contributed by atoms with Crippen molar-refractivity contribution in [3.05, 3.63) is 97.1 Å². The number of para-hydroxylation sites is 1. The Morgan fingerprint density at radius 3 is 2.21 bits per heavy atom. The molecule has 0 aliphatic rings. The van der Waals surface area contributed by atoms with E-state index in [0.717, 1.165) is 33.5 Å². The first-order valence-electron chi connectivity index (χ1n) is 10.9. The van der Waals surface area contributed by atoms with Crippen molar-refractivity contribution in [1.29, 1.82) is 0 Å². The summed E-state index contributed by atoms with van der Waals surface area (Å²) < 4.78 is 13.2. The fourth-order valence-corrected chi connectivity index (χ4v) is 4.64. The number of hydrogen-bond acceptors (Lipinski definition) is 3. The SMILES string of the molecule is COc1ccc(-c2nc3c4ccc5ccccc5c4ccc3n2-c2ccccc2)cc1OC. The summed E-state index contributed by atoms with van der Waals surface area (Å²) in [6, 6.07) is 33.5. The molecule has 0 aliphatic carbocycles. The van der Waals surface area contributed by atoms with E-state index in [1.807, 2.05) is 36.4 Å². The monoisotopic (exact) mass is 430 g/mol. The zero-order valence-electron chi connectivity index (χ0n) is 18.4. The molecule has 6 aromatic rings. The van der Waals surface area contributed by atoms with Crippen LogP contribution in [0.4, 0.5) is 0 Å². The van der Waals surface area contributed by atoms with Crippen LogP contribution in [0, 0.1) is 0 Å². The van der Waals surface area contributed by atoms with Gasteiger partial charge in [-0.05, 0) is 52.6 Å². The Balaban J connectivity index is 1.71. The number of hydrogen-bond donors (Lipinski definition) is 0. The number of methoxy groups -OCH3 is 2. The summed E-state index contributed by atoms with van der Waals surface area (Å²) in [5, 5.41) is 4.81. The third-order valence-electron chi connectivity index (χ3n) is 6.20. The molecule has 5 aromatic carbocycles. The predicted octanol–water partition coefficient (Wildman–Crippen LogP) is 7.02. The van der Waals surface area contributed by atoms with Gasteiger partial charge >= 0.3 is 0 Å². The fourth-order valence-electron chi connectivity index (χ4n) is 4.64. The van der Waals surface area contributed by atoms with Crippen LogP contribution in [-0.2, 0) is 0 Å². The van der Waals surface area contributed by atoms with Crippen molar-refractivity contribution in [2.24, 2.45) is 0 Å². The Hall–Kier alpha value is -4.31. The largest absolute Gasteiger partial charge is 0.493 e. The lowest BCUT2D eigenvalue weighted by Gasteiger charge is -2.12. The number of benzene rings is 5. The molecule has 0 fully saturated rings. The second kappa shape index (κ2) is 7.68. The minimum atomic E-state index is 0.678. The van der Waals surface area contributed by atoms with Crippen molar-refractivity contribution < 1.29 is 9.47 Å². The highest BCUT2D eigenvalue weighted by Gasteiger charge is 2.18. The minimum absolute atomic E-state index is 0.678. The van der Waals surface area contributed by atoms with E-state index in [1.54, 1.807) is 14.2 Å². The smallest absolute Gasteiger partial charge is 0.161 e. The molecule has 1 aromatic heterocycles. The number of ether oxygens (including phenoxy) is 2. The summed E-state index contributed by atoms with van der Waals surface area (Å²) in [6.07, 6.45) is 0. The third-order valence-corrected chi connectivity index (χ3v) is 6.20. The Morgan fingerprint density at radius 1 is 0.636 bits per heavy atom. The van der Waals surface area contributed by atoms with Gasteiger partial charge in [-0.15, -0.1) is 0 Å². The summed E-state index contributed by atoms with van der Waals surface area (Å²) in [6.45, 7) is 0. The van der Waals surface area contributed by atoms with Gasteiger partial charge in [0.05, 0.1) is 25.3 Å². The van der Waals surface area contributed by atoms with E-state index in [2.05, 4.69) is 65.2 Å². The van der Waals surface area contributed by atoms with E-state index >= 15 is 0 Å². The van der Waals surface area contributed by atoms with Gasteiger partial charge in [-0.3, -0.25) is 4.57 Å². The summed E-state index contributed by atoms with van der Waals surface area (Å²) in [7, 11) is 3.30. The topological polar surface area (TPSA) is 36.3 Å². The van der Waals surface area contributed by atoms with E-state index in [1.165, 1.54) is 16.2 Å². The van der Waals surface area contributed by atoms with Crippen molar-refractivity contribution in [3.8, 4) is 28.6 Å². The molecule has 1 heterocycles. The second-order valence-electron chi connectivity index (χ2n) is 7.99. The number of fused-ring (bicyclic) bond motifs is 5. The van der Waals surface area contributed by atoms with Crippen molar-refractivity contribution in [1.82, 2.24) is 9.55 Å². The van der Waals surface area contributed by atoms with Crippen molar-refractivity contribution in [3.63, 3.8) is 0 Å². The molecule has 4 heteroatoms. The van der Waals surface area contributed by atoms with E-state index in [9.17, 15) is 0 Å². The maximum atomic E-state index is 5.57. The van der Waals surface area contributed by atoms with Gasteiger partial charge in [0.2, 0.25) is 0 Å². The van der Waals surface area contributed by atoms with Crippen molar-refractivity contribution >= 4 is 32.6 Å². The van der Waals surface area contributed by atoms with Crippen LogP contribution >= 0.6 is 0 Å². The van der Waals surface area contributed by atoms with Crippen LogP contribution in [0.25, 0.3) is 49.7 Å². The Morgan fingerprint density at radius 2 is 1.39 bits per heavy atom. The molecule has 0 radical (unpaired) electrons. The molecule has 4 nitrogen and oxygen atoms in total. The molecular formula is C29H22N2O2. The molecule has 33 heavy (non-hydrogen) atoms. The molecule has 0 amide bonds. The van der Waals surface area contributed by atoms with E-state index < -0.39 is 0 Å². The standard InChI is InChI=1S/C29H22N2O2/c1-32-26-17-13-20(18-27(26)33-2)29-30-28-24-14-12-19-8-6-7-11-22(19)23(24)15-16-25(28)31(29)21-9-4-3-5-10-21/h3-18H,1-2H3. The van der Waals surface area contributed by atoms with E-state index in [0.29, 0.717) is 11.5 Å². The van der Waals surface area contributed by atoms with Gasteiger partial charge in [-0.1, -0.05) is 60.7 Å². The minimum Gasteiger partial charge on any atom is -0.493 e. The molecule has 0 N–H and O–H groups in total. The average molecular weight is 431 g/mol. The third kappa shape index (κ3) is 3.03. The maximum Gasteiger partial charge on any atom is 0.161 e. The lowest BCUT2D eigenvalue weighted by Crippen LogP contribution is -1.98. The lowest BCUT2D eigenvalue weighted by molar-refractivity contribution is 0.355. The highest BCUT2D eigenvalue weighted by atomic mass is 16.5. The molecule has 0 saturated carbocycles. The number of nitrogens with zero attached hydrogens (tertiary/aromatic N) is 2. The first-order chi connectivity index (χ1) is 16.3. The van der Waals surface area contributed by atoms with Gasteiger partial charge in [-0.2, -0.15) is 0 Å². The van der Waals surface area contributed by atoms with Crippen molar-refractivity contribution in [2.45, 2.75) is 0 Å². The van der Waals surface area contributed by atoms with Gasteiger partial charge < -0.3 is 9.47 Å². The molecular weight excluding hydrogens is 408 g/mol. The van der Waals surface area contributed by atoms with Crippen LogP contribution in [0.15, 0.2) is 97.1 Å². The maximum absolute atomic E-state index is 5.57. The molecule has 160 valence electrons. The first-order valence-corrected chi connectivity index (χ1v) is 10.9. The van der Waals surface area contributed by atoms with Gasteiger partial charge in [0, 0.05) is 16.6 Å². The van der Waals surface area contributed by atoms with Crippen LogP contribution in [0.2, 0.25) is 0 Å². The normalized spacial score (nSPS) is 11.3. The molecule has 0 saturated heterocycles. The summed E-state index contributed by atoms with van der Waals surface area (Å²) in [5.41, 5.74) is 4.06. The van der Waals surface area contributed by atoms with E-state index in [-0.39, 0.29) is 0 Å². The van der Waals surface area contributed by atoms with Crippen LogP contribution in [-0.4, -0.2) is 23.8 Å². The highest BCUT2D eigenvalue weighted by molar-refractivity contribution is 6.16. The zero-order chi connectivity index (χ0) is 22.4. The number of imidazole rings is 1. The number of rotatable bonds is 4. The van der Waals surface area contributed by atoms with Gasteiger partial charge in [-0.25, -0.2) is 4.98 Å². The van der Waals surface area contributed by atoms with Crippen LogP contribution in [0.5, 0.6) is 11.5 Å². The van der Waals surface area contributed by atoms with E-state index in [4.69, 9.17) is 14.5 Å². The second-order valence-corrected chi connectivity index (χ2v) is 7.99. The van der Waals surface area contributed by atoms with Crippen molar-refractivity contribution in [2.75, 3.05) is 14.2 Å². The quantitative estimate of drug-likeness (QED) is 0.282. The molecule has 0 aliphatic heterocycles. The molecule has 6 rings (SSSR count). The molecule has 0 spiro atoms. The summed E-state index contributed by atoms with van der Waals surface area (Å²) in [5.74, 6) is 2.23. The molecule has 0 bridgehead atoms. The summed E-state index contributed by atoms with van der Waals surface area (Å²) >= 11 is 0. The highest BCUT2D eigenvalue weighted by Crippen LogP contribution is 2.37. The zero-order valence-corrected chi connectivity index (χ0v) is 18.4. The summed E-state index contributed by atoms with van der Waals surface area (Å²) in [4.78, 5) is 5.19. The Kier molecular flexibility index (Phi) is 4.51. The van der Waals surface area contributed by atoms with Crippen LogP contribution in [0.1, 0.15) is 0 Å². The Bertz CT molecular complexity index is 1630. The lowest BCUT2D eigenvalue weighted by atomic mass is 10.0. The van der Waals surface area contributed by atoms with Gasteiger partial charge in [0.15, 0.2) is 11.5 Å². The van der Waals surface area contributed by atoms with Gasteiger partial charge in [0.25, 0.3) is 0 Å². The predicted molar refractivity (Wildman–Crippen MR) is 135 cm³/mol. The van der Waals surface area contributed by atoms with Crippen LogP contribution < -0.4 is 9.47 Å². The molecule has 0 unspecified atom stereocenters. The average Bonchev–Trinajstić information content (AvgIpc) is 3.28. The van der Waals surface area contributed by atoms with Gasteiger partial charge in [0.1, 0.15) is 5.82 Å². The molecule has 0 atom stereocenters. The fraction of sp³-hybridized carbons (Fsp3) is 0.0690. The van der Waals surface area contributed by atoms with Crippen LogP contribution in [0.3, 0.4) is 0 Å². The first kappa shape index (κ1) is 19.4. The number of aromatic nitrogens is 2. The Labute approximate surface area is 191 Å².